The molecule has 0 radical (unpaired) electrons. The molecule has 0 amide bonds. The summed E-state index contributed by atoms with van der Waals surface area (Å²) >= 11 is 15.8. The maximum Gasteiger partial charge on any atom is 0.162 e. The minimum atomic E-state index is 0.341. The fraction of sp³-hybridized carbons (Fsp3) is 0.429. The zero-order valence-electron chi connectivity index (χ0n) is 15.8. The van der Waals surface area contributed by atoms with Crippen molar-refractivity contribution >= 4 is 39.1 Å². The van der Waals surface area contributed by atoms with Crippen LogP contribution in [0.2, 0.25) is 10.0 Å². The van der Waals surface area contributed by atoms with Crippen LogP contribution in [-0.4, -0.2) is 13.7 Å². The second-order valence-electron chi connectivity index (χ2n) is 6.36. The van der Waals surface area contributed by atoms with Crippen molar-refractivity contribution in [3.8, 4) is 11.5 Å². The number of benzene rings is 2. The minimum Gasteiger partial charge on any atom is -0.493 e. The standard InChI is InChI=1S/C21H26BrCl2NO2/c1-3-4-5-6-9-25-13-16-10-20(26-2)21(12-18(16)22)27-14-15-7-8-17(23)11-19(15)24/h7-8,10-12,25H,3-6,9,13-14H2,1-2H3. The molecule has 0 atom stereocenters. The fourth-order valence-electron chi connectivity index (χ4n) is 2.68. The molecule has 0 saturated heterocycles. The zero-order chi connectivity index (χ0) is 19.6. The van der Waals surface area contributed by atoms with Crippen LogP contribution in [0, 0.1) is 0 Å². The summed E-state index contributed by atoms with van der Waals surface area (Å²) in [5, 5.41) is 4.68. The number of ether oxygens (including phenoxy) is 2. The van der Waals surface area contributed by atoms with Gasteiger partial charge in [-0.3, -0.25) is 0 Å². The highest BCUT2D eigenvalue weighted by atomic mass is 79.9. The first-order valence-electron chi connectivity index (χ1n) is 9.19. The largest absolute Gasteiger partial charge is 0.493 e. The Kier molecular flexibility index (Phi) is 9.77. The van der Waals surface area contributed by atoms with Crippen LogP contribution < -0.4 is 14.8 Å². The Hall–Kier alpha value is -0.940. The molecule has 0 bridgehead atoms. The summed E-state index contributed by atoms with van der Waals surface area (Å²) in [6.07, 6.45) is 5.02. The van der Waals surface area contributed by atoms with Crippen LogP contribution in [0.4, 0.5) is 0 Å². The predicted molar refractivity (Wildman–Crippen MR) is 117 cm³/mol. The molecule has 2 rings (SSSR count). The van der Waals surface area contributed by atoms with Crippen molar-refractivity contribution in [3.63, 3.8) is 0 Å². The number of hydrogen-bond acceptors (Lipinski definition) is 3. The lowest BCUT2D eigenvalue weighted by atomic mass is 10.1. The molecule has 0 aliphatic heterocycles. The lowest BCUT2D eigenvalue weighted by Gasteiger charge is -2.15. The maximum absolute atomic E-state index is 6.22. The third-order valence-electron chi connectivity index (χ3n) is 4.25. The van der Waals surface area contributed by atoms with Crippen molar-refractivity contribution in [1.29, 1.82) is 0 Å². The Balaban J connectivity index is 1.98. The summed E-state index contributed by atoms with van der Waals surface area (Å²) in [6, 6.07) is 9.32. The predicted octanol–water partition coefficient (Wildman–Crippen LogP) is 7.01. The normalized spacial score (nSPS) is 10.9. The van der Waals surface area contributed by atoms with Crippen LogP contribution in [-0.2, 0) is 13.2 Å². The number of hydrogen-bond donors (Lipinski definition) is 1. The third kappa shape index (κ3) is 7.19. The maximum atomic E-state index is 6.22. The van der Waals surface area contributed by atoms with E-state index >= 15 is 0 Å². The van der Waals surface area contributed by atoms with Gasteiger partial charge in [-0.2, -0.15) is 0 Å². The highest BCUT2D eigenvalue weighted by Gasteiger charge is 2.11. The average molecular weight is 475 g/mol. The van der Waals surface area contributed by atoms with Crippen molar-refractivity contribution in [3.05, 3.63) is 56.0 Å². The van der Waals surface area contributed by atoms with E-state index in [1.165, 1.54) is 25.7 Å². The smallest absolute Gasteiger partial charge is 0.162 e. The lowest BCUT2D eigenvalue weighted by molar-refractivity contribution is 0.284. The molecule has 2 aromatic carbocycles. The molecule has 0 spiro atoms. The van der Waals surface area contributed by atoms with Crippen LogP contribution in [0.3, 0.4) is 0 Å². The summed E-state index contributed by atoms with van der Waals surface area (Å²) < 4.78 is 12.4. The lowest BCUT2D eigenvalue weighted by Crippen LogP contribution is -2.15. The van der Waals surface area contributed by atoms with E-state index in [0.717, 1.165) is 28.7 Å². The van der Waals surface area contributed by atoms with Crippen LogP contribution in [0.25, 0.3) is 0 Å². The molecule has 0 heterocycles. The van der Waals surface area contributed by atoms with Gasteiger partial charge in [0.25, 0.3) is 0 Å². The van der Waals surface area contributed by atoms with Crippen molar-refractivity contribution in [2.45, 2.75) is 45.8 Å². The molecule has 148 valence electrons. The Morgan fingerprint density at radius 1 is 1.00 bits per heavy atom. The molecule has 0 aromatic heterocycles. The van der Waals surface area contributed by atoms with Gasteiger partial charge < -0.3 is 14.8 Å². The first kappa shape index (κ1) is 22.4. The number of rotatable bonds is 11. The van der Waals surface area contributed by atoms with Gasteiger partial charge in [0, 0.05) is 26.6 Å². The van der Waals surface area contributed by atoms with E-state index in [-0.39, 0.29) is 0 Å². The van der Waals surface area contributed by atoms with Gasteiger partial charge in [0.1, 0.15) is 6.61 Å². The molecular weight excluding hydrogens is 449 g/mol. The monoisotopic (exact) mass is 473 g/mol. The van der Waals surface area contributed by atoms with Gasteiger partial charge in [-0.1, -0.05) is 71.4 Å². The van der Waals surface area contributed by atoms with Crippen molar-refractivity contribution < 1.29 is 9.47 Å². The molecule has 6 heteroatoms. The summed E-state index contributed by atoms with van der Waals surface area (Å²) in [5.41, 5.74) is 2.01. The van der Waals surface area contributed by atoms with Crippen LogP contribution >= 0.6 is 39.1 Å². The van der Waals surface area contributed by atoms with E-state index in [2.05, 4.69) is 28.2 Å². The second kappa shape index (κ2) is 11.8. The summed E-state index contributed by atoms with van der Waals surface area (Å²) in [5.74, 6) is 1.37. The van der Waals surface area contributed by atoms with E-state index in [4.69, 9.17) is 32.7 Å². The molecule has 0 aliphatic carbocycles. The number of methoxy groups -OCH3 is 1. The SMILES string of the molecule is CCCCCCNCc1cc(OC)c(OCc2ccc(Cl)cc2Cl)cc1Br. The van der Waals surface area contributed by atoms with E-state index in [9.17, 15) is 0 Å². The molecule has 0 unspecified atom stereocenters. The second-order valence-corrected chi connectivity index (χ2v) is 8.05. The van der Waals surface area contributed by atoms with Gasteiger partial charge >= 0.3 is 0 Å². The Labute approximate surface area is 180 Å². The molecule has 1 N–H and O–H groups in total. The molecule has 0 aliphatic rings. The van der Waals surface area contributed by atoms with Crippen LogP contribution in [0.5, 0.6) is 11.5 Å². The number of halogens is 3. The topological polar surface area (TPSA) is 30.5 Å². The van der Waals surface area contributed by atoms with Crippen molar-refractivity contribution in [1.82, 2.24) is 5.32 Å². The van der Waals surface area contributed by atoms with E-state index in [1.807, 2.05) is 18.2 Å². The molecule has 27 heavy (non-hydrogen) atoms. The van der Waals surface area contributed by atoms with E-state index < -0.39 is 0 Å². The molecule has 0 saturated carbocycles. The molecule has 2 aromatic rings. The van der Waals surface area contributed by atoms with E-state index in [1.54, 1.807) is 19.2 Å². The highest BCUT2D eigenvalue weighted by molar-refractivity contribution is 9.10. The van der Waals surface area contributed by atoms with Crippen molar-refractivity contribution in [2.75, 3.05) is 13.7 Å². The first-order valence-corrected chi connectivity index (χ1v) is 10.7. The molecule has 3 nitrogen and oxygen atoms in total. The Bertz CT molecular complexity index is 740. The summed E-state index contributed by atoms with van der Waals surface area (Å²) in [7, 11) is 1.65. The van der Waals surface area contributed by atoms with Gasteiger partial charge in [-0.25, -0.2) is 0 Å². The highest BCUT2D eigenvalue weighted by Crippen LogP contribution is 2.34. The van der Waals surface area contributed by atoms with Gasteiger partial charge in [0.2, 0.25) is 0 Å². The zero-order valence-corrected chi connectivity index (χ0v) is 18.9. The van der Waals surface area contributed by atoms with Gasteiger partial charge in [0.05, 0.1) is 7.11 Å². The first-order chi connectivity index (χ1) is 13.0. The third-order valence-corrected chi connectivity index (χ3v) is 5.58. The molecular formula is C21H26BrCl2NO2. The van der Waals surface area contributed by atoms with Gasteiger partial charge in [-0.05, 0) is 42.8 Å². The minimum absolute atomic E-state index is 0.341. The summed E-state index contributed by atoms with van der Waals surface area (Å²) in [4.78, 5) is 0. The Morgan fingerprint density at radius 3 is 2.52 bits per heavy atom. The van der Waals surface area contributed by atoms with Crippen molar-refractivity contribution in [2.24, 2.45) is 0 Å². The Morgan fingerprint density at radius 2 is 1.81 bits per heavy atom. The quantitative estimate of drug-likeness (QED) is 0.355. The number of nitrogens with one attached hydrogen (secondary N) is 1. The van der Waals surface area contributed by atoms with Gasteiger partial charge in [0.15, 0.2) is 11.5 Å². The van der Waals surface area contributed by atoms with Crippen LogP contribution in [0.15, 0.2) is 34.8 Å². The number of unbranched alkanes of at least 4 members (excludes halogenated alkanes) is 3. The molecule has 0 fully saturated rings. The average Bonchev–Trinajstić information content (AvgIpc) is 2.65. The fourth-order valence-corrected chi connectivity index (χ4v) is 3.60. The van der Waals surface area contributed by atoms with E-state index in [0.29, 0.717) is 28.2 Å². The summed E-state index contributed by atoms with van der Waals surface area (Å²) in [6.45, 7) is 4.36. The van der Waals surface area contributed by atoms with Crippen LogP contribution in [0.1, 0.15) is 43.7 Å². The van der Waals surface area contributed by atoms with Gasteiger partial charge in [-0.15, -0.1) is 0 Å².